The van der Waals surface area contributed by atoms with Gasteiger partial charge in [-0.3, -0.25) is 19.4 Å². The molecule has 0 bridgehead atoms. The van der Waals surface area contributed by atoms with E-state index in [0.717, 1.165) is 43.3 Å². The number of carboxylic acid groups (broad SMARTS) is 1. The molecule has 4 aromatic heterocycles. The van der Waals surface area contributed by atoms with E-state index < -0.39 is 100 Å². The van der Waals surface area contributed by atoms with Gasteiger partial charge in [-0.15, -0.1) is 35.8 Å². The van der Waals surface area contributed by atoms with Gasteiger partial charge in [0.2, 0.25) is 11.8 Å². The number of carboxylic acids is 1. The van der Waals surface area contributed by atoms with Crippen molar-refractivity contribution in [2.24, 2.45) is 23.7 Å². The topological polar surface area (TPSA) is 299 Å². The predicted octanol–water partition coefficient (Wildman–Crippen LogP) is 9.20. The number of thiazole rings is 2. The molecule has 10 rings (SSSR count). The van der Waals surface area contributed by atoms with Crippen LogP contribution in [-0.2, 0) is 33.4 Å². The molecule has 2 saturated carbocycles. The number of likely N-dealkylation sites (tertiary alicyclic amines) is 2. The Labute approximate surface area is 580 Å². The number of carbonyl (C=O) groups excluding carboxylic acids is 5. The Hall–Kier alpha value is -7.82. The number of aromatic nitrogens is 4. The van der Waals surface area contributed by atoms with E-state index in [0.29, 0.717) is 51.8 Å². The first-order valence-corrected chi connectivity index (χ1v) is 33.5. The van der Waals surface area contributed by atoms with Crippen LogP contribution in [0, 0.1) is 37.5 Å². The summed E-state index contributed by atoms with van der Waals surface area (Å²) in [6, 6.07) is 9.18. The molecule has 2 saturated heterocycles. The first kappa shape index (κ1) is 75.6. The molecule has 0 radical (unpaired) electrons. The van der Waals surface area contributed by atoms with Crippen molar-refractivity contribution in [2.45, 2.75) is 175 Å². The number of aliphatic carboxylic acids is 1. The second-order valence-electron chi connectivity index (χ2n) is 27.3. The van der Waals surface area contributed by atoms with E-state index in [-0.39, 0.29) is 68.2 Å². The van der Waals surface area contributed by atoms with Gasteiger partial charge in [0.1, 0.15) is 91.0 Å². The van der Waals surface area contributed by atoms with Crippen LogP contribution < -0.4 is 48.4 Å². The smallest absolute Gasteiger partial charge is 0.870 e. The van der Waals surface area contributed by atoms with E-state index in [1.165, 1.54) is 38.5 Å². The molecule has 2 aliphatic heterocycles. The number of carbonyl (C=O) groups is 6. The largest absolute Gasteiger partial charge is 1.00 e. The number of rotatable bonds is 19. The molecule has 26 heteroatoms. The average Bonchev–Trinajstić information content (AvgIpc) is 1.54. The molecule has 0 spiro atoms. The van der Waals surface area contributed by atoms with Gasteiger partial charge in [-0.2, -0.15) is 0 Å². The molecule has 4 aliphatic rings. The summed E-state index contributed by atoms with van der Waals surface area (Å²) in [5.74, 6) is -1.49. The third kappa shape index (κ3) is 15.4. The minimum absolute atomic E-state index is 0. The number of fused-ring (bicyclic) bond motifs is 2. The summed E-state index contributed by atoms with van der Waals surface area (Å²) in [5.41, 5.74) is 2.00. The molecule has 6 heterocycles. The molecule has 4 N–H and O–H groups in total. The molecule has 23 nitrogen and oxygen atoms in total. The SMILES string of the molecule is C=C[C@@H]1C[C@]1(NC(=O)[C@@H]1[C@H](C)[C@@H](Oc2cc(-c3nc(C(C)C)cs3)nc3c(C)c(OC)ccc23)CN1C(=O)OC(C)(C)C)C(=O)O.C=C[C@@H]1C[C@]1(NC(=O)[C@@H]1[C@H](C)[C@@H](Oc2cc(-c3nc(C(C)C)cs3)nc3c(C)c(OC)ccc23)CN1C(=O)OC(C)(C)C)C(=O)OCC.[Li+].[OH-]. The van der Waals surface area contributed by atoms with Gasteiger partial charge in [-0.1, -0.05) is 53.7 Å². The van der Waals surface area contributed by atoms with Crippen LogP contribution >= 0.6 is 22.7 Å². The average molecular weight is 1350 g/mol. The Morgan fingerprint density at radius 1 is 0.656 bits per heavy atom. The summed E-state index contributed by atoms with van der Waals surface area (Å²) in [4.78, 5) is 103. The van der Waals surface area contributed by atoms with Gasteiger partial charge in [-0.05, 0) is 111 Å². The van der Waals surface area contributed by atoms with Crippen LogP contribution in [0.2, 0.25) is 0 Å². The van der Waals surface area contributed by atoms with E-state index in [1.807, 2.05) is 74.9 Å². The first-order chi connectivity index (χ1) is 44.2. The number of nitrogens with one attached hydrogen (secondary N) is 2. The van der Waals surface area contributed by atoms with Crippen molar-refractivity contribution in [3.05, 3.63) is 95.0 Å². The zero-order valence-electron chi connectivity index (χ0n) is 58.2. The van der Waals surface area contributed by atoms with Crippen molar-refractivity contribution < 1.29 is 91.4 Å². The predicted molar refractivity (Wildman–Crippen MR) is 362 cm³/mol. The van der Waals surface area contributed by atoms with Crippen molar-refractivity contribution in [1.29, 1.82) is 0 Å². The molecule has 2 aliphatic carbocycles. The van der Waals surface area contributed by atoms with Gasteiger partial charge < -0.3 is 54.4 Å². The van der Waals surface area contributed by atoms with E-state index in [9.17, 15) is 33.9 Å². The molecule has 512 valence electrons. The maximum Gasteiger partial charge on any atom is 1.00 e. The Morgan fingerprint density at radius 3 is 1.36 bits per heavy atom. The molecule has 4 fully saturated rings. The van der Waals surface area contributed by atoms with Crippen LogP contribution in [0.4, 0.5) is 9.59 Å². The molecule has 2 aromatic carbocycles. The van der Waals surface area contributed by atoms with E-state index in [4.69, 9.17) is 53.1 Å². The van der Waals surface area contributed by atoms with Crippen LogP contribution in [-0.4, -0.2) is 157 Å². The Balaban J connectivity index is 0.000000266. The zero-order chi connectivity index (χ0) is 68.8. The van der Waals surface area contributed by atoms with Crippen LogP contribution in [0.3, 0.4) is 0 Å². The third-order valence-corrected chi connectivity index (χ3v) is 19.4. The normalized spacial score (nSPS) is 23.4. The summed E-state index contributed by atoms with van der Waals surface area (Å²) in [6.45, 7) is 36.0. The molecule has 0 unspecified atom stereocenters. The molecular formula is C70H89LiN8O15S2. The van der Waals surface area contributed by atoms with Crippen molar-refractivity contribution in [3.8, 4) is 44.4 Å². The Bertz CT molecular complexity index is 3940. The second kappa shape index (κ2) is 29.5. The molecule has 96 heavy (non-hydrogen) atoms. The van der Waals surface area contributed by atoms with Crippen LogP contribution in [0.25, 0.3) is 43.2 Å². The zero-order valence-corrected chi connectivity index (χ0v) is 59.8. The van der Waals surface area contributed by atoms with Gasteiger partial charge in [0.25, 0.3) is 0 Å². The number of methoxy groups -OCH3 is 2. The maximum atomic E-state index is 14.1. The number of pyridine rings is 2. The fourth-order valence-electron chi connectivity index (χ4n) is 12.1. The summed E-state index contributed by atoms with van der Waals surface area (Å²) < 4.78 is 41.4. The van der Waals surface area contributed by atoms with Crippen LogP contribution in [0.15, 0.2) is 72.5 Å². The minimum Gasteiger partial charge on any atom is -0.870 e. The van der Waals surface area contributed by atoms with Crippen LogP contribution in [0.5, 0.6) is 23.0 Å². The van der Waals surface area contributed by atoms with Crippen LogP contribution in [0.1, 0.15) is 137 Å². The van der Waals surface area contributed by atoms with Crippen molar-refractivity contribution in [3.63, 3.8) is 0 Å². The third-order valence-electron chi connectivity index (χ3n) is 17.7. The number of hydrogen-bond donors (Lipinski definition) is 3. The maximum absolute atomic E-state index is 14.1. The van der Waals surface area contributed by atoms with Crippen molar-refractivity contribution in [1.82, 2.24) is 40.4 Å². The number of ether oxygens (including phenoxy) is 7. The monoisotopic (exact) mass is 1350 g/mol. The van der Waals surface area contributed by atoms with Crippen molar-refractivity contribution in [2.75, 3.05) is 33.9 Å². The van der Waals surface area contributed by atoms with Gasteiger partial charge in [0.05, 0.1) is 56.3 Å². The van der Waals surface area contributed by atoms with E-state index in [2.05, 4.69) is 51.5 Å². The number of hydrogen-bond acceptors (Lipinski definition) is 20. The number of amides is 4. The number of esters is 1. The van der Waals surface area contributed by atoms with Crippen molar-refractivity contribution >= 4 is 80.4 Å². The number of benzene rings is 2. The Morgan fingerprint density at radius 2 is 1.04 bits per heavy atom. The molecular weight excluding hydrogens is 1260 g/mol. The number of aryl methyl sites for hydroxylation is 2. The minimum atomic E-state index is -1.45. The van der Waals surface area contributed by atoms with Gasteiger partial charge in [0.15, 0.2) is 0 Å². The quantitative estimate of drug-likeness (QED) is 0.0294. The number of nitrogens with zero attached hydrogens (tertiary/aromatic N) is 6. The molecule has 6 aromatic rings. The van der Waals surface area contributed by atoms with Gasteiger partial charge >= 0.3 is 43.0 Å². The summed E-state index contributed by atoms with van der Waals surface area (Å²) in [7, 11) is 3.22. The Kier molecular flexibility index (Phi) is 23.2. The fraction of sp³-hybridized carbons (Fsp3) is 0.514. The standard InChI is InChI=1S/C36H46N4O7S.C34H42N4O7S.Li.H2O/c1-11-22-16-36(22,33(42)45-12-2)39-31(41)30-21(6)28(17-40(30)34(43)47-35(7,8)9)46-27-15-24(32-38-25(18-48-32)19(3)4)37-29-20(5)26(44-10)14-13-23(27)29;1-10-20-14-34(20,31(40)41)37-29(39)28-19(5)26(15-38(28)32(42)45-33(6,7)8)44-25-13-22(30-36-23(16-46-30)17(2)3)35-27-18(4)24(43-9)12-11-21(25)27;;/h11,13-15,18-19,21-22,28,30H,1,12,16-17H2,2-10H3,(H,39,41);10-13,16-17,19-20,26,28H,1,14-15H2,2-9H3,(H,37,39)(H,40,41);;1H2/q;;+1;/p-1/t21-,22-,28+,30+,36-;19-,20-,26+,28+,34-;;/m11../s1. The van der Waals surface area contributed by atoms with E-state index >= 15 is 0 Å². The summed E-state index contributed by atoms with van der Waals surface area (Å²) in [6.07, 6.45) is 1.20. The van der Waals surface area contributed by atoms with Gasteiger partial charge in [0, 0.05) is 68.5 Å². The van der Waals surface area contributed by atoms with Gasteiger partial charge in [-0.25, -0.2) is 39.1 Å². The fourth-order valence-corrected chi connectivity index (χ4v) is 14.0. The molecule has 4 amide bonds. The van der Waals surface area contributed by atoms with E-state index in [1.54, 1.807) is 68.8 Å². The summed E-state index contributed by atoms with van der Waals surface area (Å²) in [5, 5.41) is 22.6. The second-order valence-corrected chi connectivity index (χ2v) is 29.0. The summed E-state index contributed by atoms with van der Waals surface area (Å²) >= 11 is 3.01. The first-order valence-electron chi connectivity index (χ1n) is 31.7. The molecule has 10 atom stereocenters.